The maximum Gasteiger partial charge on any atom is 0.145 e. The molecule has 3 aromatic rings. The number of thioether (sulfide) groups is 2. The zero-order chi connectivity index (χ0) is 13.8. The first-order valence-electron chi connectivity index (χ1n) is 5.75. The Hall–Kier alpha value is 0.0235. The van der Waals surface area contributed by atoms with Crippen molar-refractivity contribution in [1.29, 1.82) is 0 Å². The molecule has 0 radical (unpaired) electrons. The van der Waals surface area contributed by atoms with Crippen molar-refractivity contribution < 1.29 is 25.3 Å². The van der Waals surface area contributed by atoms with Crippen LogP contribution in [0.25, 0.3) is 0 Å². The minimum Gasteiger partial charge on any atom is -0.468 e. The Kier molecular flexibility index (Phi) is 7.12. The van der Waals surface area contributed by atoms with E-state index in [-0.39, 0.29) is 16.5 Å². The number of rotatable bonds is 6. The van der Waals surface area contributed by atoms with Crippen LogP contribution in [0.5, 0.6) is 0 Å². The van der Waals surface area contributed by atoms with Crippen LogP contribution in [0.15, 0.2) is 54.0 Å². The van der Waals surface area contributed by atoms with E-state index in [9.17, 15) is 0 Å². The van der Waals surface area contributed by atoms with Gasteiger partial charge in [0.25, 0.3) is 0 Å². The van der Waals surface area contributed by atoms with E-state index in [0.717, 1.165) is 26.2 Å². The fourth-order valence-corrected chi connectivity index (χ4v) is 7.41. The molecule has 0 saturated heterocycles. The molecule has 0 bridgehead atoms. The summed E-state index contributed by atoms with van der Waals surface area (Å²) in [5.41, 5.74) is 0. The van der Waals surface area contributed by atoms with Crippen molar-refractivity contribution in [3.05, 3.63) is 51.4 Å². The first-order chi connectivity index (χ1) is 9.81. The second-order valence-electron chi connectivity index (χ2n) is 3.77. The maximum atomic E-state index is 5.36. The van der Waals surface area contributed by atoms with E-state index in [1.165, 1.54) is 8.42 Å². The largest absolute Gasteiger partial charge is 0.468 e. The molecule has 3 aromatic heterocycles. The second-order valence-corrected chi connectivity index (χ2v) is 9.48. The van der Waals surface area contributed by atoms with Gasteiger partial charge < -0.3 is 8.83 Å². The van der Waals surface area contributed by atoms with Crippen molar-refractivity contribution in [3.8, 4) is 0 Å². The van der Waals surface area contributed by atoms with Gasteiger partial charge in [-0.3, -0.25) is 0 Å². The standard InChI is InChI=1S/C13H10O2S5.Ni/c16-13-19-11(17-7-9-3-1-5-14-9)12(20-13)18-8-10-4-2-6-15-10;/h1-6H,7-8H2;. The molecular weight excluding hydrogens is 407 g/mol. The van der Waals surface area contributed by atoms with Crippen LogP contribution in [0, 0.1) is 3.14 Å². The monoisotopic (exact) mass is 416 g/mol. The minimum absolute atomic E-state index is 0. The SMILES string of the molecule is S=c1sc(SCc2ccco2)c(SCc2ccco2)s1.[Ni]. The van der Waals surface area contributed by atoms with Crippen LogP contribution in [0.4, 0.5) is 0 Å². The molecule has 0 fully saturated rings. The van der Waals surface area contributed by atoms with Gasteiger partial charge in [0.15, 0.2) is 0 Å². The third-order valence-electron chi connectivity index (χ3n) is 2.37. The van der Waals surface area contributed by atoms with Crippen LogP contribution >= 0.6 is 58.4 Å². The number of furan rings is 2. The van der Waals surface area contributed by atoms with Gasteiger partial charge in [0.2, 0.25) is 0 Å². The van der Waals surface area contributed by atoms with Crippen LogP contribution in [0.1, 0.15) is 11.5 Å². The van der Waals surface area contributed by atoms with Gasteiger partial charge in [-0.1, -0.05) is 12.2 Å². The zero-order valence-corrected chi connectivity index (χ0v) is 15.6. The molecule has 3 rings (SSSR count). The first-order valence-corrected chi connectivity index (χ1v) is 9.77. The van der Waals surface area contributed by atoms with Crippen LogP contribution in [0.3, 0.4) is 0 Å². The molecule has 0 unspecified atom stereocenters. The molecule has 8 heteroatoms. The van der Waals surface area contributed by atoms with Gasteiger partial charge in [0.05, 0.1) is 32.5 Å². The molecule has 2 nitrogen and oxygen atoms in total. The van der Waals surface area contributed by atoms with E-state index in [0.29, 0.717) is 0 Å². The molecule has 0 aromatic carbocycles. The van der Waals surface area contributed by atoms with Crippen LogP contribution in [0.2, 0.25) is 0 Å². The first kappa shape index (κ1) is 17.4. The van der Waals surface area contributed by atoms with E-state index >= 15 is 0 Å². The Morgan fingerprint density at radius 1 is 0.905 bits per heavy atom. The molecule has 0 aliphatic heterocycles. The predicted octanol–water partition coefficient (Wildman–Crippen LogP) is 6.31. The predicted molar refractivity (Wildman–Crippen MR) is 89.6 cm³/mol. The van der Waals surface area contributed by atoms with E-state index in [1.807, 2.05) is 24.3 Å². The quantitative estimate of drug-likeness (QED) is 0.266. The summed E-state index contributed by atoms with van der Waals surface area (Å²) in [5.74, 6) is 3.65. The molecule has 0 aliphatic carbocycles. The summed E-state index contributed by atoms with van der Waals surface area (Å²) in [4.78, 5) is 0. The van der Waals surface area contributed by atoms with Crippen molar-refractivity contribution in [2.24, 2.45) is 0 Å². The van der Waals surface area contributed by atoms with Gasteiger partial charge in [-0.25, -0.2) is 0 Å². The molecule has 0 amide bonds. The maximum absolute atomic E-state index is 5.36. The van der Waals surface area contributed by atoms with Gasteiger partial charge in [-0.2, -0.15) is 0 Å². The molecule has 21 heavy (non-hydrogen) atoms. The third-order valence-corrected chi connectivity index (χ3v) is 8.00. The summed E-state index contributed by atoms with van der Waals surface area (Å²) in [6, 6.07) is 7.82. The van der Waals surface area contributed by atoms with Gasteiger partial charge >= 0.3 is 0 Å². The number of hydrogen-bond donors (Lipinski definition) is 0. The van der Waals surface area contributed by atoms with Crippen molar-refractivity contribution in [2.75, 3.05) is 0 Å². The molecule has 114 valence electrons. The Morgan fingerprint density at radius 2 is 1.38 bits per heavy atom. The van der Waals surface area contributed by atoms with Crippen molar-refractivity contribution in [3.63, 3.8) is 0 Å². The van der Waals surface area contributed by atoms with Crippen molar-refractivity contribution in [2.45, 2.75) is 19.9 Å². The van der Waals surface area contributed by atoms with E-state index in [1.54, 1.807) is 58.7 Å². The van der Waals surface area contributed by atoms with Crippen LogP contribution in [-0.2, 0) is 28.0 Å². The summed E-state index contributed by atoms with van der Waals surface area (Å²) < 4.78 is 14.2. The second kappa shape index (κ2) is 8.60. The number of hydrogen-bond acceptors (Lipinski definition) is 7. The summed E-state index contributed by atoms with van der Waals surface area (Å²) in [6.45, 7) is 0. The van der Waals surface area contributed by atoms with Crippen LogP contribution < -0.4 is 0 Å². The summed E-state index contributed by atoms with van der Waals surface area (Å²) in [5, 5.41) is 0. The fraction of sp³-hybridized carbons (Fsp3) is 0.154. The van der Waals surface area contributed by atoms with Gasteiger partial charge in [0, 0.05) is 16.5 Å². The normalized spacial score (nSPS) is 10.5. The molecule has 0 spiro atoms. The summed E-state index contributed by atoms with van der Waals surface area (Å²) >= 11 is 12.2. The Bertz CT molecular complexity index is 641. The van der Waals surface area contributed by atoms with Crippen molar-refractivity contribution >= 4 is 58.4 Å². The summed E-state index contributed by atoms with van der Waals surface area (Å²) in [7, 11) is 0. The molecule has 0 aliphatic rings. The average molecular weight is 417 g/mol. The molecule has 0 atom stereocenters. The summed E-state index contributed by atoms with van der Waals surface area (Å²) in [6.07, 6.45) is 3.41. The molecule has 3 heterocycles. The molecule has 0 N–H and O–H groups in total. The third kappa shape index (κ3) is 5.01. The molecule has 0 saturated carbocycles. The Morgan fingerprint density at radius 3 is 1.76 bits per heavy atom. The van der Waals surface area contributed by atoms with E-state index < -0.39 is 0 Å². The Balaban J connectivity index is 0.00000161. The van der Waals surface area contributed by atoms with Gasteiger partial charge in [-0.05, 0) is 24.3 Å². The fourth-order valence-electron chi connectivity index (χ4n) is 1.50. The van der Waals surface area contributed by atoms with Gasteiger partial charge in [-0.15, -0.1) is 46.2 Å². The van der Waals surface area contributed by atoms with Crippen molar-refractivity contribution in [1.82, 2.24) is 0 Å². The minimum atomic E-state index is 0. The zero-order valence-electron chi connectivity index (χ0n) is 10.6. The topological polar surface area (TPSA) is 26.3 Å². The van der Waals surface area contributed by atoms with Gasteiger partial charge in [0.1, 0.15) is 14.7 Å². The van der Waals surface area contributed by atoms with E-state index in [2.05, 4.69) is 0 Å². The van der Waals surface area contributed by atoms with Crippen LogP contribution in [-0.4, -0.2) is 0 Å². The molecular formula is C13H10NiO2S5. The van der Waals surface area contributed by atoms with E-state index in [4.69, 9.17) is 21.1 Å². The Labute approximate surface area is 154 Å². The average Bonchev–Trinajstić information content (AvgIpc) is 3.16. The smallest absolute Gasteiger partial charge is 0.145 e.